The summed E-state index contributed by atoms with van der Waals surface area (Å²) in [5.74, 6) is 1.37. The van der Waals surface area contributed by atoms with E-state index in [2.05, 4.69) is 20.8 Å². The predicted molar refractivity (Wildman–Crippen MR) is 67.3 cm³/mol. The zero-order valence-corrected chi connectivity index (χ0v) is 11.7. The van der Waals surface area contributed by atoms with Gasteiger partial charge >= 0.3 is 0 Å². The van der Waals surface area contributed by atoms with Crippen LogP contribution in [0, 0.1) is 5.92 Å². The van der Waals surface area contributed by atoms with Crippen LogP contribution in [0.4, 0.5) is 0 Å². The zero-order valence-electron chi connectivity index (χ0n) is 9.28. The maximum Gasteiger partial charge on any atom is 0.151 e. The zero-order chi connectivity index (χ0) is 11.3. The predicted octanol–water partition coefficient (Wildman–Crippen LogP) is 1.53. The van der Waals surface area contributed by atoms with Crippen LogP contribution in [0.25, 0.3) is 0 Å². The molecule has 0 amide bonds. The average Bonchev–Trinajstić information content (AvgIpc) is 2.62. The minimum Gasteiger partial charge on any atom is -0.302 e. The third-order valence-electron chi connectivity index (χ3n) is 2.82. The highest BCUT2D eigenvalue weighted by molar-refractivity contribution is 9.09. The molecule has 0 bridgehead atoms. The van der Waals surface area contributed by atoms with Gasteiger partial charge in [0.15, 0.2) is 9.84 Å². The van der Waals surface area contributed by atoms with E-state index in [1.54, 1.807) is 0 Å². The molecule has 0 saturated carbocycles. The summed E-state index contributed by atoms with van der Waals surface area (Å²) in [6.07, 6.45) is 1.92. The molecule has 1 aliphatic rings. The number of hydrogen-bond acceptors (Lipinski definition) is 3. The van der Waals surface area contributed by atoms with Gasteiger partial charge in [0, 0.05) is 24.2 Å². The number of alkyl halides is 1. The van der Waals surface area contributed by atoms with Crippen LogP contribution in [-0.4, -0.2) is 49.8 Å². The SMILES string of the molecule is CCCS(=O)(=O)CCN1CCC(CBr)C1. The van der Waals surface area contributed by atoms with Gasteiger partial charge in [0.05, 0.1) is 5.75 Å². The van der Waals surface area contributed by atoms with Crippen LogP contribution in [0.5, 0.6) is 0 Å². The molecule has 0 N–H and O–H groups in total. The quantitative estimate of drug-likeness (QED) is 0.698. The molecule has 3 nitrogen and oxygen atoms in total. The summed E-state index contributed by atoms with van der Waals surface area (Å²) in [4.78, 5) is 2.26. The van der Waals surface area contributed by atoms with Crippen molar-refractivity contribution in [3.63, 3.8) is 0 Å². The van der Waals surface area contributed by atoms with E-state index in [4.69, 9.17) is 0 Å². The fourth-order valence-corrected chi connectivity index (χ4v) is 3.81. The highest BCUT2D eigenvalue weighted by Crippen LogP contribution is 2.17. The number of nitrogens with zero attached hydrogens (tertiary/aromatic N) is 1. The van der Waals surface area contributed by atoms with Crippen molar-refractivity contribution in [3.8, 4) is 0 Å². The average molecular weight is 298 g/mol. The Hall–Kier alpha value is 0.390. The van der Waals surface area contributed by atoms with Crippen molar-refractivity contribution >= 4 is 25.8 Å². The molecule has 5 heteroatoms. The molecule has 0 spiro atoms. The van der Waals surface area contributed by atoms with Crippen molar-refractivity contribution in [2.75, 3.05) is 36.5 Å². The molecule has 0 aromatic carbocycles. The molecule has 15 heavy (non-hydrogen) atoms. The summed E-state index contributed by atoms with van der Waals surface area (Å²) in [6, 6.07) is 0. The minimum atomic E-state index is -2.80. The first kappa shape index (κ1) is 13.5. The summed E-state index contributed by atoms with van der Waals surface area (Å²) in [7, 11) is -2.80. The van der Waals surface area contributed by atoms with E-state index >= 15 is 0 Å². The van der Waals surface area contributed by atoms with E-state index in [1.807, 2.05) is 6.92 Å². The smallest absolute Gasteiger partial charge is 0.151 e. The molecule has 1 aliphatic heterocycles. The Kier molecular flexibility index (Phi) is 5.57. The summed E-state index contributed by atoms with van der Waals surface area (Å²) in [5.41, 5.74) is 0. The first-order valence-corrected chi connectivity index (χ1v) is 8.50. The summed E-state index contributed by atoms with van der Waals surface area (Å²) >= 11 is 3.47. The lowest BCUT2D eigenvalue weighted by atomic mass is 10.2. The second-order valence-electron chi connectivity index (χ2n) is 4.26. The van der Waals surface area contributed by atoms with E-state index in [0.29, 0.717) is 24.0 Å². The van der Waals surface area contributed by atoms with Crippen LogP contribution in [0.3, 0.4) is 0 Å². The molecule has 1 atom stereocenters. The van der Waals surface area contributed by atoms with E-state index in [9.17, 15) is 8.42 Å². The van der Waals surface area contributed by atoms with Gasteiger partial charge in [0.2, 0.25) is 0 Å². The molecule has 90 valence electrons. The Bertz CT molecular complexity index is 279. The van der Waals surface area contributed by atoms with Crippen molar-refractivity contribution in [2.45, 2.75) is 19.8 Å². The van der Waals surface area contributed by atoms with Gasteiger partial charge in [0.1, 0.15) is 0 Å². The lowest BCUT2D eigenvalue weighted by molar-refractivity contribution is 0.348. The normalized spacial score (nSPS) is 23.5. The topological polar surface area (TPSA) is 37.4 Å². The Morgan fingerprint density at radius 2 is 2.13 bits per heavy atom. The van der Waals surface area contributed by atoms with Gasteiger partial charge < -0.3 is 4.90 Å². The minimum absolute atomic E-state index is 0.329. The molecule has 0 aromatic rings. The Balaban J connectivity index is 2.26. The molecule has 1 unspecified atom stereocenters. The van der Waals surface area contributed by atoms with E-state index < -0.39 is 9.84 Å². The van der Waals surface area contributed by atoms with Gasteiger partial charge in [-0.2, -0.15) is 0 Å². The second-order valence-corrected chi connectivity index (χ2v) is 7.21. The number of rotatable bonds is 6. The third kappa shape index (κ3) is 4.83. The Morgan fingerprint density at radius 3 is 2.67 bits per heavy atom. The first-order chi connectivity index (χ1) is 7.07. The maximum atomic E-state index is 11.5. The Labute approximate surface area is 101 Å². The van der Waals surface area contributed by atoms with Gasteiger partial charge in [-0.25, -0.2) is 8.42 Å². The largest absolute Gasteiger partial charge is 0.302 e. The maximum absolute atomic E-state index is 11.5. The molecular weight excluding hydrogens is 278 g/mol. The van der Waals surface area contributed by atoms with Crippen molar-refractivity contribution in [1.82, 2.24) is 4.90 Å². The second kappa shape index (κ2) is 6.21. The third-order valence-corrected chi connectivity index (χ3v) is 5.57. The van der Waals surface area contributed by atoms with Crippen molar-refractivity contribution < 1.29 is 8.42 Å². The Morgan fingerprint density at radius 1 is 1.40 bits per heavy atom. The number of hydrogen-bond donors (Lipinski definition) is 0. The molecular formula is C10H20BrNO2S. The van der Waals surface area contributed by atoms with Crippen LogP contribution in [0.2, 0.25) is 0 Å². The highest BCUT2D eigenvalue weighted by Gasteiger charge is 2.22. The van der Waals surface area contributed by atoms with Crippen LogP contribution in [0.1, 0.15) is 19.8 Å². The molecule has 1 heterocycles. The van der Waals surface area contributed by atoms with Crippen LogP contribution in [0.15, 0.2) is 0 Å². The fraction of sp³-hybridized carbons (Fsp3) is 1.00. The number of halogens is 1. The number of likely N-dealkylation sites (tertiary alicyclic amines) is 1. The molecule has 1 rings (SSSR count). The monoisotopic (exact) mass is 297 g/mol. The van der Waals surface area contributed by atoms with Crippen molar-refractivity contribution in [1.29, 1.82) is 0 Å². The summed E-state index contributed by atoms with van der Waals surface area (Å²) in [6.45, 7) is 4.73. The molecule has 0 radical (unpaired) electrons. The van der Waals surface area contributed by atoms with Gasteiger partial charge in [-0.05, 0) is 25.3 Å². The molecule has 1 fully saturated rings. The van der Waals surface area contributed by atoms with E-state index in [1.165, 1.54) is 6.42 Å². The van der Waals surface area contributed by atoms with E-state index in [-0.39, 0.29) is 0 Å². The van der Waals surface area contributed by atoms with Crippen molar-refractivity contribution in [3.05, 3.63) is 0 Å². The lowest BCUT2D eigenvalue weighted by Gasteiger charge is -2.15. The molecule has 0 aliphatic carbocycles. The first-order valence-electron chi connectivity index (χ1n) is 5.56. The van der Waals surface area contributed by atoms with Crippen molar-refractivity contribution in [2.24, 2.45) is 5.92 Å². The molecule has 1 saturated heterocycles. The van der Waals surface area contributed by atoms with Gasteiger partial charge in [-0.15, -0.1) is 0 Å². The summed E-state index contributed by atoms with van der Waals surface area (Å²) < 4.78 is 23.0. The van der Waals surface area contributed by atoms with E-state index in [0.717, 1.165) is 24.8 Å². The number of sulfone groups is 1. The standard InChI is InChI=1S/C10H20BrNO2S/c1-2-6-15(13,14)7-5-12-4-3-10(8-11)9-12/h10H,2-9H2,1H3. The molecule has 0 aromatic heterocycles. The fourth-order valence-electron chi connectivity index (χ4n) is 1.92. The van der Waals surface area contributed by atoms with Crippen LogP contribution in [-0.2, 0) is 9.84 Å². The highest BCUT2D eigenvalue weighted by atomic mass is 79.9. The lowest BCUT2D eigenvalue weighted by Crippen LogP contribution is -2.28. The van der Waals surface area contributed by atoms with Gasteiger partial charge in [-0.3, -0.25) is 0 Å². The van der Waals surface area contributed by atoms with Crippen LogP contribution < -0.4 is 0 Å². The van der Waals surface area contributed by atoms with Gasteiger partial charge in [0.25, 0.3) is 0 Å². The van der Waals surface area contributed by atoms with Gasteiger partial charge in [-0.1, -0.05) is 22.9 Å². The van der Waals surface area contributed by atoms with Crippen LogP contribution >= 0.6 is 15.9 Å². The summed E-state index contributed by atoms with van der Waals surface area (Å²) in [5, 5.41) is 1.03.